The molecule has 2 aromatic rings. The van der Waals surface area contributed by atoms with E-state index in [0.717, 1.165) is 4.88 Å². The molecule has 0 amide bonds. The van der Waals surface area contributed by atoms with Crippen molar-refractivity contribution in [3.8, 4) is 0 Å². The molecule has 1 aromatic carbocycles. The molecule has 0 spiro atoms. The first-order chi connectivity index (χ1) is 7.66. The second kappa shape index (κ2) is 4.95. The third-order valence-electron chi connectivity index (χ3n) is 2.06. The first kappa shape index (κ1) is 11.6. The van der Waals surface area contributed by atoms with E-state index in [1.807, 2.05) is 0 Å². The Morgan fingerprint density at radius 1 is 1.31 bits per heavy atom. The zero-order chi connectivity index (χ0) is 11.5. The van der Waals surface area contributed by atoms with Crippen molar-refractivity contribution in [1.29, 1.82) is 0 Å². The normalized spacial score (nSPS) is 10.4. The number of thiazole rings is 1. The van der Waals surface area contributed by atoms with Gasteiger partial charge in [0.15, 0.2) is 5.78 Å². The summed E-state index contributed by atoms with van der Waals surface area (Å²) in [4.78, 5) is 16.7. The topological polar surface area (TPSA) is 30.0 Å². The van der Waals surface area contributed by atoms with Crippen LogP contribution in [0, 0.1) is 0 Å². The lowest BCUT2D eigenvalue weighted by atomic mass is 10.1. The molecule has 0 unspecified atom stereocenters. The average Bonchev–Trinajstić information content (AvgIpc) is 2.74. The molecule has 0 aliphatic carbocycles. The Bertz CT molecular complexity index is 511. The fourth-order valence-electron chi connectivity index (χ4n) is 1.26. The number of carbonyl (C=O) groups excluding carboxylic acids is 1. The van der Waals surface area contributed by atoms with Crippen molar-refractivity contribution in [1.82, 2.24) is 4.98 Å². The van der Waals surface area contributed by atoms with Gasteiger partial charge in [0.05, 0.1) is 15.6 Å². The number of aromatic nitrogens is 1. The largest absolute Gasteiger partial charge is 0.294 e. The Hall–Kier alpha value is -0.900. The van der Waals surface area contributed by atoms with Gasteiger partial charge in [-0.15, -0.1) is 11.3 Å². The molecule has 0 bridgehead atoms. The minimum Gasteiger partial charge on any atom is -0.294 e. The van der Waals surface area contributed by atoms with E-state index in [2.05, 4.69) is 4.98 Å². The molecule has 2 nitrogen and oxygen atoms in total. The van der Waals surface area contributed by atoms with Crippen molar-refractivity contribution in [3.63, 3.8) is 0 Å². The summed E-state index contributed by atoms with van der Waals surface area (Å²) in [7, 11) is 0. The van der Waals surface area contributed by atoms with E-state index in [-0.39, 0.29) is 5.78 Å². The van der Waals surface area contributed by atoms with Crippen molar-refractivity contribution in [2.75, 3.05) is 0 Å². The highest BCUT2D eigenvalue weighted by atomic mass is 35.5. The van der Waals surface area contributed by atoms with Crippen LogP contribution < -0.4 is 0 Å². The maximum absolute atomic E-state index is 11.9. The van der Waals surface area contributed by atoms with Gasteiger partial charge in [0, 0.05) is 23.1 Å². The number of hydrogen-bond acceptors (Lipinski definition) is 3. The van der Waals surface area contributed by atoms with Crippen LogP contribution in [0.1, 0.15) is 15.2 Å². The van der Waals surface area contributed by atoms with Gasteiger partial charge in [-0.3, -0.25) is 9.78 Å². The van der Waals surface area contributed by atoms with Crippen molar-refractivity contribution in [2.45, 2.75) is 6.42 Å². The number of benzene rings is 1. The van der Waals surface area contributed by atoms with Crippen LogP contribution in [0.15, 0.2) is 29.9 Å². The Kier molecular flexibility index (Phi) is 3.59. The summed E-state index contributed by atoms with van der Waals surface area (Å²) >= 11 is 13.1. The van der Waals surface area contributed by atoms with E-state index in [0.29, 0.717) is 22.0 Å². The third-order valence-corrected chi connectivity index (χ3v) is 3.58. The summed E-state index contributed by atoms with van der Waals surface area (Å²) in [5.74, 6) is 0.0165. The minimum absolute atomic E-state index is 0.0165. The molecule has 0 fully saturated rings. The molecular weight excluding hydrogens is 265 g/mol. The van der Waals surface area contributed by atoms with Crippen molar-refractivity contribution < 1.29 is 4.79 Å². The van der Waals surface area contributed by atoms with Crippen molar-refractivity contribution in [3.05, 3.63) is 50.4 Å². The summed E-state index contributed by atoms with van der Waals surface area (Å²) in [6.07, 6.45) is 2.04. The molecule has 16 heavy (non-hydrogen) atoms. The minimum atomic E-state index is 0.0165. The lowest BCUT2D eigenvalue weighted by Gasteiger charge is -2.01. The van der Waals surface area contributed by atoms with Gasteiger partial charge in [-0.1, -0.05) is 23.2 Å². The lowest BCUT2D eigenvalue weighted by Crippen LogP contribution is -2.02. The number of ketones is 1. The van der Waals surface area contributed by atoms with Crippen LogP contribution in [0.25, 0.3) is 0 Å². The second-order valence-corrected chi connectivity index (χ2v) is 4.98. The fourth-order valence-corrected chi connectivity index (χ4v) is 2.15. The summed E-state index contributed by atoms with van der Waals surface area (Å²) in [5, 5.41) is 0.854. The van der Waals surface area contributed by atoms with Crippen LogP contribution in [0.4, 0.5) is 0 Å². The van der Waals surface area contributed by atoms with Gasteiger partial charge in [0.25, 0.3) is 0 Å². The van der Waals surface area contributed by atoms with Crippen molar-refractivity contribution >= 4 is 40.3 Å². The molecule has 0 aliphatic rings. The lowest BCUT2D eigenvalue weighted by molar-refractivity contribution is 0.0994. The molecule has 0 saturated carbocycles. The van der Waals surface area contributed by atoms with Gasteiger partial charge in [-0.25, -0.2) is 0 Å². The van der Waals surface area contributed by atoms with Crippen LogP contribution in [-0.2, 0) is 6.42 Å². The monoisotopic (exact) mass is 271 g/mol. The summed E-state index contributed by atoms with van der Waals surface area (Å²) in [6.45, 7) is 0. The van der Waals surface area contributed by atoms with Gasteiger partial charge in [-0.05, 0) is 18.2 Å². The Morgan fingerprint density at radius 3 is 2.75 bits per heavy atom. The van der Waals surface area contributed by atoms with Gasteiger partial charge in [-0.2, -0.15) is 0 Å². The predicted octanol–water partition coefficient (Wildman–Crippen LogP) is 3.88. The molecule has 0 radical (unpaired) electrons. The molecule has 1 heterocycles. The van der Waals surface area contributed by atoms with Crippen molar-refractivity contribution in [2.24, 2.45) is 0 Å². The smallest absolute Gasteiger partial charge is 0.168 e. The number of Topliss-reactive ketones (excluding diaryl/α,β-unsaturated/α-hetero) is 1. The van der Waals surface area contributed by atoms with E-state index in [9.17, 15) is 4.79 Å². The SMILES string of the molecule is O=C(Cc1cncs1)c1ccc(Cl)c(Cl)c1. The molecule has 82 valence electrons. The molecular formula is C11H7Cl2NOS. The molecule has 5 heteroatoms. The predicted molar refractivity (Wildman–Crippen MR) is 66.6 cm³/mol. The summed E-state index contributed by atoms with van der Waals surface area (Å²) < 4.78 is 0. The quantitative estimate of drug-likeness (QED) is 0.794. The maximum atomic E-state index is 11.9. The maximum Gasteiger partial charge on any atom is 0.168 e. The molecule has 0 N–H and O–H groups in total. The summed E-state index contributed by atoms with van der Waals surface area (Å²) in [5.41, 5.74) is 2.28. The fraction of sp³-hybridized carbons (Fsp3) is 0.0909. The highest BCUT2D eigenvalue weighted by Crippen LogP contribution is 2.23. The first-order valence-corrected chi connectivity index (χ1v) is 6.16. The van der Waals surface area contributed by atoms with E-state index in [1.54, 1.807) is 29.9 Å². The van der Waals surface area contributed by atoms with Crippen LogP contribution in [0.5, 0.6) is 0 Å². The van der Waals surface area contributed by atoms with E-state index in [1.165, 1.54) is 11.3 Å². The molecule has 2 rings (SSSR count). The van der Waals surface area contributed by atoms with Gasteiger partial charge < -0.3 is 0 Å². The van der Waals surface area contributed by atoms with Gasteiger partial charge in [0.2, 0.25) is 0 Å². The Labute approximate surface area is 107 Å². The third kappa shape index (κ3) is 2.61. The van der Waals surface area contributed by atoms with Crippen LogP contribution >= 0.6 is 34.5 Å². The number of carbonyl (C=O) groups is 1. The van der Waals surface area contributed by atoms with Gasteiger partial charge >= 0.3 is 0 Å². The van der Waals surface area contributed by atoms with E-state index in [4.69, 9.17) is 23.2 Å². The van der Waals surface area contributed by atoms with Gasteiger partial charge in [0.1, 0.15) is 0 Å². The van der Waals surface area contributed by atoms with E-state index < -0.39 is 0 Å². The zero-order valence-corrected chi connectivity index (χ0v) is 10.4. The van der Waals surface area contributed by atoms with Crippen LogP contribution in [0.2, 0.25) is 10.0 Å². The highest BCUT2D eigenvalue weighted by molar-refractivity contribution is 7.09. The van der Waals surface area contributed by atoms with Crippen LogP contribution in [-0.4, -0.2) is 10.8 Å². The number of nitrogens with zero attached hydrogens (tertiary/aromatic N) is 1. The Morgan fingerprint density at radius 2 is 2.12 bits per heavy atom. The van der Waals surface area contributed by atoms with E-state index >= 15 is 0 Å². The molecule has 0 atom stereocenters. The average molecular weight is 272 g/mol. The summed E-state index contributed by atoms with van der Waals surface area (Å²) in [6, 6.07) is 4.90. The number of hydrogen-bond donors (Lipinski definition) is 0. The molecule has 0 saturated heterocycles. The highest BCUT2D eigenvalue weighted by Gasteiger charge is 2.09. The molecule has 1 aromatic heterocycles. The second-order valence-electron chi connectivity index (χ2n) is 3.20. The van der Waals surface area contributed by atoms with Crippen LogP contribution in [0.3, 0.4) is 0 Å². The zero-order valence-electron chi connectivity index (χ0n) is 8.11. The first-order valence-electron chi connectivity index (χ1n) is 4.52. The molecule has 0 aliphatic heterocycles. The number of halogens is 2. The number of rotatable bonds is 3. The standard InChI is InChI=1S/C11H7Cl2NOS/c12-9-2-1-7(3-10(9)13)11(15)4-8-5-14-6-16-8/h1-3,5-6H,4H2. The Balaban J connectivity index is 2.18.